The van der Waals surface area contributed by atoms with Crippen LogP contribution in [0.2, 0.25) is 0 Å². The minimum Gasteiger partial charge on any atom is -0.381 e. The van der Waals surface area contributed by atoms with Crippen LogP contribution in [0.4, 0.5) is 10.1 Å². The number of hydrogen-bond acceptors (Lipinski definition) is 1. The van der Waals surface area contributed by atoms with E-state index >= 15 is 0 Å². The Morgan fingerprint density at radius 1 is 1.15 bits per heavy atom. The molecule has 0 bridgehead atoms. The van der Waals surface area contributed by atoms with Gasteiger partial charge in [0.2, 0.25) is 0 Å². The average molecular weight is 336 g/mol. The van der Waals surface area contributed by atoms with Crippen molar-refractivity contribution in [1.82, 2.24) is 0 Å². The first-order valence-electron chi connectivity index (χ1n) is 6.88. The Bertz CT molecular complexity index is 566. The molecule has 3 heteroatoms. The largest absolute Gasteiger partial charge is 0.381 e. The Balaban J connectivity index is 1.98. The molecule has 20 heavy (non-hydrogen) atoms. The van der Waals surface area contributed by atoms with Gasteiger partial charge in [0.15, 0.2) is 0 Å². The summed E-state index contributed by atoms with van der Waals surface area (Å²) in [6, 6.07) is 13.6. The Morgan fingerprint density at radius 2 is 1.85 bits per heavy atom. The molecule has 0 aliphatic carbocycles. The fraction of sp³-hybridized carbons (Fsp3) is 0.294. The molecule has 0 heterocycles. The second-order valence-corrected chi connectivity index (χ2v) is 5.89. The van der Waals surface area contributed by atoms with Crippen molar-refractivity contribution in [2.24, 2.45) is 0 Å². The van der Waals surface area contributed by atoms with Crippen LogP contribution in [0.15, 0.2) is 46.9 Å². The van der Waals surface area contributed by atoms with Gasteiger partial charge in [0.1, 0.15) is 5.82 Å². The van der Waals surface area contributed by atoms with E-state index in [0.29, 0.717) is 16.9 Å². The maximum atomic E-state index is 13.1. The van der Waals surface area contributed by atoms with Gasteiger partial charge in [0.05, 0.1) is 4.47 Å². The van der Waals surface area contributed by atoms with Gasteiger partial charge < -0.3 is 5.32 Å². The zero-order valence-electron chi connectivity index (χ0n) is 11.8. The van der Waals surface area contributed by atoms with Crippen LogP contribution >= 0.6 is 15.9 Å². The topological polar surface area (TPSA) is 12.0 Å². The van der Waals surface area contributed by atoms with Gasteiger partial charge in [-0.25, -0.2) is 4.39 Å². The van der Waals surface area contributed by atoms with E-state index in [4.69, 9.17) is 0 Å². The summed E-state index contributed by atoms with van der Waals surface area (Å²) in [4.78, 5) is 0. The van der Waals surface area contributed by atoms with E-state index in [1.807, 2.05) is 0 Å². The zero-order chi connectivity index (χ0) is 14.5. The monoisotopic (exact) mass is 335 g/mol. The molecular formula is C17H19BrFN. The van der Waals surface area contributed by atoms with Crippen LogP contribution in [0.5, 0.6) is 0 Å². The minimum absolute atomic E-state index is 0.230. The maximum absolute atomic E-state index is 13.1. The van der Waals surface area contributed by atoms with Crippen LogP contribution in [0.1, 0.15) is 37.3 Å². The summed E-state index contributed by atoms with van der Waals surface area (Å²) < 4.78 is 13.7. The lowest BCUT2D eigenvalue weighted by molar-refractivity contribution is 0.620. The Labute approximate surface area is 128 Å². The first-order valence-corrected chi connectivity index (χ1v) is 7.67. The minimum atomic E-state index is -0.230. The molecule has 2 rings (SSSR count). The molecule has 0 radical (unpaired) electrons. The molecule has 0 saturated carbocycles. The summed E-state index contributed by atoms with van der Waals surface area (Å²) in [5.41, 5.74) is 3.49. The second kappa shape index (κ2) is 6.89. The number of benzene rings is 2. The zero-order valence-corrected chi connectivity index (χ0v) is 13.4. The highest BCUT2D eigenvalue weighted by Crippen LogP contribution is 2.21. The number of hydrogen-bond donors (Lipinski definition) is 1. The fourth-order valence-corrected chi connectivity index (χ4v) is 2.45. The van der Waals surface area contributed by atoms with Gasteiger partial charge in [0, 0.05) is 12.2 Å². The molecule has 1 atom stereocenters. The van der Waals surface area contributed by atoms with E-state index in [2.05, 4.69) is 59.4 Å². The highest BCUT2D eigenvalue weighted by molar-refractivity contribution is 9.10. The van der Waals surface area contributed by atoms with E-state index in [9.17, 15) is 4.39 Å². The molecule has 1 nitrogen and oxygen atoms in total. The predicted octanol–water partition coefficient (Wildman–Crippen LogP) is 5.71. The number of nitrogens with one attached hydrogen (secondary N) is 1. The first kappa shape index (κ1) is 15.0. The summed E-state index contributed by atoms with van der Waals surface area (Å²) >= 11 is 3.20. The lowest BCUT2D eigenvalue weighted by Gasteiger charge is -2.11. The summed E-state index contributed by atoms with van der Waals surface area (Å²) in [6.45, 7) is 5.11. The quantitative estimate of drug-likeness (QED) is 0.737. The third-order valence-electron chi connectivity index (χ3n) is 3.57. The van der Waals surface area contributed by atoms with Crippen LogP contribution < -0.4 is 5.32 Å². The van der Waals surface area contributed by atoms with Crippen LogP contribution in [0.25, 0.3) is 0 Å². The molecule has 0 spiro atoms. The summed E-state index contributed by atoms with van der Waals surface area (Å²) in [7, 11) is 0. The van der Waals surface area contributed by atoms with Crippen molar-refractivity contribution in [3.05, 3.63) is 63.9 Å². The highest BCUT2D eigenvalue weighted by Gasteiger charge is 2.03. The molecule has 2 aromatic carbocycles. The van der Waals surface area contributed by atoms with Crippen molar-refractivity contribution in [2.45, 2.75) is 32.7 Å². The average Bonchev–Trinajstić information content (AvgIpc) is 2.48. The molecule has 0 fully saturated rings. The van der Waals surface area contributed by atoms with E-state index in [1.165, 1.54) is 11.6 Å². The Kier molecular flexibility index (Phi) is 5.18. The van der Waals surface area contributed by atoms with Crippen molar-refractivity contribution in [3.63, 3.8) is 0 Å². The number of anilines is 1. The molecule has 0 aromatic heterocycles. The van der Waals surface area contributed by atoms with E-state index < -0.39 is 0 Å². The molecule has 2 aromatic rings. The summed E-state index contributed by atoms with van der Waals surface area (Å²) in [6.07, 6.45) is 1.15. The Hall–Kier alpha value is -1.35. The van der Waals surface area contributed by atoms with Crippen LogP contribution in [0, 0.1) is 5.82 Å². The van der Waals surface area contributed by atoms with Gasteiger partial charge in [-0.15, -0.1) is 0 Å². The molecule has 0 saturated heterocycles. The predicted molar refractivity (Wildman–Crippen MR) is 86.6 cm³/mol. The van der Waals surface area contributed by atoms with Crippen molar-refractivity contribution in [2.75, 3.05) is 5.32 Å². The molecular weight excluding hydrogens is 317 g/mol. The number of rotatable bonds is 5. The van der Waals surface area contributed by atoms with Gasteiger partial charge in [-0.1, -0.05) is 32.0 Å². The smallest absolute Gasteiger partial charge is 0.137 e. The normalized spacial score (nSPS) is 12.2. The summed E-state index contributed by atoms with van der Waals surface area (Å²) in [5.74, 6) is 0.365. The van der Waals surface area contributed by atoms with Gasteiger partial charge in [0.25, 0.3) is 0 Å². The van der Waals surface area contributed by atoms with E-state index in [-0.39, 0.29) is 5.82 Å². The first-order chi connectivity index (χ1) is 9.60. The van der Waals surface area contributed by atoms with Crippen LogP contribution in [0.3, 0.4) is 0 Å². The molecule has 0 aliphatic heterocycles. The van der Waals surface area contributed by atoms with Gasteiger partial charge in [-0.05, 0) is 63.7 Å². The van der Waals surface area contributed by atoms with Gasteiger partial charge in [-0.2, -0.15) is 0 Å². The standard InChI is InChI=1S/C17H19BrFN/c1-3-12(2)14-5-7-15(8-6-14)20-11-13-4-9-17(19)16(18)10-13/h4-10,12,20H,3,11H2,1-2H3. The van der Waals surface area contributed by atoms with Crippen LogP contribution in [-0.2, 0) is 6.54 Å². The van der Waals surface area contributed by atoms with Crippen molar-refractivity contribution >= 4 is 21.6 Å². The van der Waals surface area contributed by atoms with Gasteiger partial charge >= 0.3 is 0 Å². The van der Waals surface area contributed by atoms with Crippen LogP contribution in [-0.4, -0.2) is 0 Å². The molecule has 0 aliphatic rings. The van der Waals surface area contributed by atoms with Gasteiger partial charge in [-0.3, -0.25) is 0 Å². The SMILES string of the molecule is CCC(C)c1ccc(NCc2ccc(F)c(Br)c2)cc1. The number of halogens is 2. The highest BCUT2D eigenvalue weighted by atomic mass is 79.9. The fourth-order valence-electron chi connectivity index (χ4n) is 2.02. The van der Waals surface area contributed by atoms with E-state index in [0.717, 1.165) is 17.7 Å². The molecule has 106 valence electrons. The molecule has 1 N–H and O–H groups in total. The third kappa shape index (κ3) is 3.83. The molecule has 0 amide bonds. The second-order valence-electron chi connectivity index (χ2n) is 5.03. The third-order valence-corrected chi connectivity index (χ3v) is 4.18. The van der Waals surface area contributed by atoms with Crippen molar-refractivity contribution in [1.29, 1.82) is 0 Å². The van der Waals surface area contributed by atoms with Crippen molar-refractivity contribution in [3.8, 4) is 0 Å². The molecule has 1 unspecified atom stereocenters. The Morgan fingerprint density at radius 3 is 2.45 bits per heavy atom. The van der Waals surface area contributed by atoms with Crippen molar-refractivity contribution < 1.29 is 4.39 Å². The maximum Gasteiger partial charge on any atom is 0.137 e. The summed E-state index contributed by atoms with van der Waals surface area (Å²) in [5, 5.41) is 3.35. The lowest BCUT2D eigenvalue weighted by atomic mass is 9.99. The lowest BCUT2D eigenvalue weighted by Crippen LogP contribution is -2.00. The van der Waals surface area contributed by atoms with E-state index in [1.54, 1.807) is 12.1 Å².